The molecule has 0 saturated carbocycles. The van der Waals surface area contributed by atoms with Gasteiger partial charge in [0.15, 0.2) is 5.03 Å². The fraction of sp³-hybridized carbons (Fsp3) is 0.235. The number of nitrogens with zero attached hydrogens (tertiary/aromatic N) is 2. The maximum atomic E-state index is 11.9. The largest absolute Gasteiger partial charge is 0.308 e. The van der Waals surface area contributed by atoms with Gasteiger partial charge in [-0.3, -0.25) is 4.79 Å². The number of hydrogen-bond donors (Lipinski definition) is 1. The summed E-state index contributed by atoms with van der Waals surface area (Å²) >= 11 is 1.60. The number of amides is 1. The molecular formula is C17H19N3O3S. The van der Waals surface area contributed by atoms with Gasteiger partial charge in [0, 0.05) is 21.3 Å². The highest BCUT2D eigenvalue weighted by Gasteiger charge is 2.23. The van der Waals surface area contributed by atoms with Crippen molar-refractivity contribution in [2.75, 3.05) is 5.43 Å². The van der Waals surface area contributed by atoms with E-state index in [1.165, 1.54) is 0 Å². The van der Waals surface area contributed by atoms with Crippen LogP contribution in [0.5, 0.6) is 0 Å². The highest BCUT2D eigenvalue weighted by molar-refractivity contribution is 7.99. The van der Waals surface area contributed by atoms with Gasteiger partial charge in [-0.05, 0) is 42.8 Å². The van der Waals surface area contributed by atoms with Gasteiger partial charge in [0.1, 0.15) is 0 Å². The zero-order valence-electron chi connectivity index (χ0n) is 13.3. The summed E-state index contributed by atoms with van der Waals surface area (Å²) in [6.45, 7) is 1.93. The van der Waals surface area contributed by atoms with E-state index in [-0.39, 0.29) is 6.42 Å². The molecule has 0 radical (unpaired) electrons. The molecule has 0 unspecified atom stereocenters. The van der Waals surface area contributed by atoms with Gasteiger partial charge in [0.05, 0.1) is 5.69 Å². The highest BCUT2D eigenvalue weighted by atomic mass is 32.2. The summed E-state index contributed by atoms with van der Waals surface area (Å²) in [6.07, 6.45) is 1.58. The van der Waals surface area contributed by atoms with E-state index >= 15 is 0 Å². The molecule has 0 fully saturated rings. The molecular weight excluding hydrogens is 326 g/mol. The van der Waals surface area contributed by atoms with Crippen LogP contribution in [0.4, 0.5) is 5.69 Å². The Morgan fingerprint density at radius 1 is 1.12 bits per heavy atom. The minimum Gasteiger partial charge on any atom is -0.266 e. The summed E-state index contributed by atoms with van der Waals surface area (Å²) < 4.78 is 0. The predicted octanol–water partition coefficient (Wildman–Crippen LogP) is 4.38. The van der Waals surface area contributed by atoms with Gasteiger partial charge < -0.3 is 0 Å². The van der Waals surface area contributed by atoms with Crippen LogP contribution in [0.3, 0.4) is 0 Å². The monoisotopic (exact) mass is 345 g/mol. The van der Waals surface area contributed by atoms with Crippen molar-refractivity contribution in [2.24, 2.45) is 0 Å². The van der Waals surface area contributed by atoms with Crippen molar-refractivity contribution in [1.82, 2.24) is 5.12 Å². The number of anilines is 1. The Labute approximate surface area is 145 Å². The van der Waals surface area contributed by atoms with Crippen LogP contribution in [0.25, 0.3) is 0 Å². The van der Waals surface area contributed by atoms with E-state index < -0.39 is 10.9 Å². The Hall–Kier alpha value is -2.54. The maximum Gasteiger partial charge on any atom is 0.308 e. The second-order valence-electron chi connectivity index (χ2n) is 5.10. The zero-order chi connectivity index (χ0) is 17.4. The third kappa shape index (κ3) is 5.27. The van der Waals surface area contributed by atoms with E-state index in [0.717, 1.165) is 16.2 Å². The number of hydrogen-bond acceptors (Lipinski definition) is 5. The van der Waals surface area contributed by atoms with Gasteiger partial charge in [0.2, 0.25) is 0 Å². The number of hydrazine groups is 2. The first kappa shape index (κ1) is 17.8. The lowest BCUT2D eigenvalue weighted by atomic mass is 10.2. The number of nitro groups is 1. The van der Waals surface area contributed by atoms with E-state index in [4.69, 9.17) is 0 Å². The molecule has 0 bridgehead atoms. The fourth-order valence-corrected chi connectivity index (χ4v) is 2.81. The van der Waals surface area contributed by atoms with E-state index in [1.54, 1.807) is 23.9 Å². The SMILES string of the molecule is CCCCC(=O)N(Nc1ccc(Sc2ccccc2)cc1)[N+](=O)[O-]. The molecule has 7 heteroatoms. The van der Waals surface area contributed by atoms with Crippen molar-refractivity contribution in [2.45, 2.75) is 36.0 Å². The molecule has 2 rings (SSSR count). The van der Waals surface area contributed by atoms with Gasteiger partial charge in [-0.25, -0.2) is 15.5 Å². The number of carbonyl (C=O) groups excluding carboxylic acids is 1. The van der Waals surface area contributed by atoms with Crippen LogP contribution in [0.1, 0.15) is 26.2 Å². The van der Waals surface area contributed by atoms with Crippen molar-refractivity contribution in [3.05, 3.63) is 64.7 Å². The molecule has 1 N–H and O–H groups in total. The quantitative estimate of drug-likeness (QED) is 0.568. The highest BCUT2D eigenvalue weighted by Crippen LogP contribution is 2.28. The Bertz CT molecular complexity index is 677. The summed E-state index contributed by atoms with van der Waals surface area (Å²) in [5.41, 5.74) is 3.05. The van der Waals surface area contributed by atoms with Crippen LogP contribution in [-0.2, 0) is 4.79 Å². The third-order valence-corrected chi connectivity index (χ3v) is 4.23. The van der Waals surface area contributed by atoms with Crippen molar-refractivity contribution in [3.63, 3.8) is 0 Å². The molecule has 24 heavy (non-hydrogen) atoms. The predicted molar refractivity (Wildman–Crippen MR) is 94.0 cm³/mol. The van der Waals surface area contributed by atoms with Gasteiger partial charge in [-0.1, -0.05) is 43.3 Å². The number of unbranched alkanes of at least 4 members (excludes halogenated alkanes) is 1. The molecule has 126 valence electrons. The summed E-state index contributed by atoms with van der Waals surface area (Å²) in [4.78, 5) is 25.1. The average molecular weight is 345 g/mol. The van der Waals surface area contributed by atoms with Crippen LogP contribution in [0.15, 0.2) is 64.4 Å². The summed E-state index contributed by atoms with van der Waals surface area (Å²) in [5.74, 6) is -0.551. The van der Waals surface area contributed by atoms with Crippen LogP contribution < -0.4 is 5.43 Å². The second-order valence-corrected chi connectivity index (χ2v) is 6.25. The number of benzene rings is 2. The first-order chi connectivity index (χ1) is 11.6. The molecule has 1 amide bonds. The van der Waals surface area contributed by atoms with Crippen LogP contribution >= 0.6 is 11.8 Å². The van der Waals surface area contributed by atoms with Gasteiger partial charge in [-0.15, -0.1) is 0 Å². The molecule has 0 aliphatic rings. The molecule has 2 aromatic carbocycles. The van der Waals surface area contributed by atoms with Crippen molar-refractivity contribution >= 4 is 23.4 Å². The van der Waals surface area contributed by atoms with Crippen molar-refractivity contribution in [3.8, 4) is 0 Å². The first-order valence-electron chi connectivity index (χ1n) is 7.67. The third-order valence-electron chi connectivity index (χ3n) is 3.21. The summed E-state index contributed by atoms with van der Waals surface area (Å²) in [7, 11) is 0. The Balaban J connectivity index is 2.01. The Morgan fingerprint density at radius 3 is 2.33 bits per heavy atom. The maximum absolute atomic E-state index is 11.9. The summed E-state index contributed by atoms with van der Waals surface area (Å²) in [6, 6.07) is 17.1. The number of nitrogens with one attached hydrogen (secondary N) is 1. The molecule has 0 aromatic heterocycles. The fourth-order valence-electron chi connectivity index (χ4n) is 1.97. The lowest BCUT2D eigenvalue weighted by molar-refractivity contribution is -0.627. The Morgan fingerprint density at radius 2 is 1.75 bits per heavy atom. The Kier molecular flexibility index (Phi) is 6.62. The lowest BCUT2D eigenvalue weighted by Crippen LogP contribution is -2.40. The topological polar surface area (TPSA) is 75.5 Å². The minimum absolute atomic E-state index is 0.145. The molecule has 0 spiro atoms. The average Bonchev–Trinajstić information content (AvgIpc) is 2.59. The van der Waals surface area contributed by atoms with E-state index in [2.05, 4.69) is 5.43 Å². The molecule has 0 aliphatic heterocycles. The molecule has 0 saturated heterocycles. The smallest absolute Gasteiger partial charge is 0.266 e. The lowest BCUT2D eigenvalue weighted by Gasteiger charge is -2.14. The van der Waals surface area contributed by atoms with Gasteiger partial charge >= 0.3 is 5.91 Å². The number of rotatable bonds is 8. The van der Waals surface area contributed by atoms with Gasteiger partial charge in [-0.2, -0.15) is 0 Å². The normalized spacial score (nSPS) is 10.2. The molecule has 0 aliphatic carbocycles. The van der Waals surface area contributed by atoms with E-state index in [0.29, 0.717) is 17.2 Å². The first-order valence-corrected chi connectivity index (χ1v) is 8.48. The van der Waals surface area contributed by atoms with Gasteiger partial charge in [0.25, 0.3) is 0 Å². The molecule has 2 aromatic rings. The second kappa shape index (κ2) is 8.93. The molecule has 0 heterocycles. The minimum atomic E-state index is -0.732. The molecule has 6 nitrogen and oxygen atoms in total. The molecule has 0 atom stereocenters. The summed E-state index contributed by atoms with van der Waals surface area (Å²) in [5, 5.41) is 10.8. The van der Waals surface area contributed by atoms with E-state index in [1.807, 2.05) is 49.4 Å². The zero-order valence-corrected chi connectivity index (χ0v) is 14.2. The standard InChI is InChI=1S/C17H19N3O3S/c1-2-3-9-17(21)19(20(22)23)18-14-10-12-16(13-11-14)24-15-7-5-4-6-8-15/h4-8,10-13,18H,2-3,9H2,1H3. The van der Waals surface area contributed by atoms with Crippen LogP contribution in [0, 0.1) is 10.1 Å². The van der Waals surface area contributed by atoms with Crippen molar-refractivity contribution in [1.29, 1.82) is 0 Å². The number of carbonyl (C=O) groups is 1. The van der Waals surface area contributed by atoms with Crippen LogP contribution in [-0.4, -0.2) is 16.1 Å². The van der Waals surface area contributed by atoms with Crippen LogP contribution in [0.2, 0.25) is 0 Å². The van der Waals surface area contributed by atoms with E-state index in [9.17, 15) is 14.9 Å². The van der Waals surface area contributed by atoms with Crippen molar-refractivity contribution < 1.29 is 9.83 Å².